The van der Waals surface area contributed by atoms with Crippen molar-refractivity contribution < 1.29 is 19.1 Å². The van der Waals surface area contributed by atoms with Crippen LogP contribution >= 0.6 is 11.6 Å². The van der Waals surface area contributed by atoms with Crippen LogP contribution in [0.25, 0.3) is 0 Å². The highest BCUT2D eigenvalue weighted by molar-refractivity contribution is 6.30. The number of hydrogen-bond acceptors (Lipinski definition) is 4. The third-order valence-electron chi connectivity index (χ3n) is 4.31. The van der Waals surface area contributed by atoms with Gasteiger partial charge in [-0.15, -0.1) is 0 Å². The fourth-order valence-electron chi connectivity index (χ4n) is 3.10. The minimum atomic E-state index is -0.590. The number of likely N-dealkylation sites (N-methyl/N-ethyl adjacent to an activating group) is 1. The summed E-state index contributed by atoms with van der Waals surface area (Å²) < 4.78 is 5.26. The van der Waals surface area contributed by atoms with Gasteiger partial charge in [0.25, 0.3) is 5.91 Å². The molecule has 1 heterocycles. The number of carbonyl (C=O) groups is 3. The van der Waals surface area contributed by atoms with Gasteiger partial charge in [0, 0.05) is 30.7 Å². The van der Waals surface area contributed by atoms with Crippen molar-refractivity contribution in [2.45, 2.75) is 39.2 Å². The second kappa shape index (κ2) is 8.74. The standard InChI is InChI=1S/C20H27ClN2O4/c1-20(2,3)27-17(24)13-22(4)18(25)15-6-5-11-23(12-15)19(26)14-7-9-16(21)10-8-14/h7-10,15H,5-6,11-13H2,1-4H3. The van der Waals surface area contributed by atoms with Gasteiger partial charge in [0.1, 0.15) is 12.1 Å². The molecule has 1 aliphatic rings. The van der Waals surface area contributed by atoms with Crippen molar-refractivity contribution >= 4 is 29.4 Å². The van der Waals surface area contributed by atoms with Crippen LogP contribution in [-0.2, 0) is 14.3 Å². The van der Waals surface area contributed by atoms with Crippen molar-refractivity contribution in [1.82, 2.24) is 9.80 Å². The molecule has 0 radical (unpaired) electrons. The topological polar surface area (TPSA) is 66.9 Å². The first-order valence-electron chi connectivity index (χ1n) is 9.08. The summed E-state index contributed by atoms with van der Waals surface area (Å²) in [5.41, 5.74) is -0.0391. The van der Waals surface area contributed by atoms with E-state index >= 15 is 0 Å². The highest BCUT2D eigenvalue weighted by Gasteiger charge is 2.31. The molecule has 1 aromatic carbocycles. The summed E-state index contributed by atoms with van der Waals surface area (Å²) in [6, 6.07) is 6.72. The molecular weight excluding hydrogens is 368 g/mol. The highest BCUT2D eigenvalue weighted by atomic mass is 35.5. The van der Waals surface area contributed by atoms with Gasteiger partial charge in [0.15, 0.2) is 0 Å². The van der Waals surface area contributed by atoms with Crippen LogP contribution in [0.4, 0.5) is 0 Å². The smallest absolute Gasteiger partial charge is 0.326 e. The minimum Gasteiger partial charge on any atom is -0.459 e. The number of likely N-dealkylation sites (tertiary alicyclic amines) is 1. The molecule has 1 unspecified atom stereocenters. The number of amides is 2. The summed E-state index contributed by atoms with van der Waals surface area (Å²) in [6.45, 7) is 6.22. The second-order valence-corrected chi connectivity index (χ2v) is 8.31. The molecule has 0 saturated carbocycles. The van der Waals surface area contributed by atoms with Gasteiger partial charge in [-0.05, 0) is 57.9 Å². The molecule has 148 valence electrons. The monoisotopic (exact) mass is 394 g/mol. The predicted octanol–water partition coefficient (Wildman–Crippen LogP) is 2.99. The number of benzene rings is 1. The van der Waals surface area contributed by atoms with E-state index in [1.54, 1.807) is 57.0 Å². The molecule has 2 amide bonds. The lowest BCUT2D eigenvalue weighted by Crippen LogP contribution is -2.47. The van der Waals surface area contributed by atoms with Crippen molar-refractivity contribution in [2.75, 3.05) is 26.7 Å². The lowest BCUT2D eigenvalue weighted by molar-refractivity contribution is -0.159. The van der Waals surface area contributed by atoms with Crippen LogP contribution in [0.1, 0.15) is 44.0 Å². The van der Waals surface area contributed by atoms with E-state index in [1.807, 2.05) is 0 Å². The van der Waals surface area contributed by atoms with E-state index in [9.17, 15) is 14.4 Å². The van der Waals surface area contributed by atoms with Gasteiger partial charge < -0.3 is 14.5 Å². The van der Waals surface area contributed by atoms with Crippen LogP contribution in [-0.4, -0.2) is 59.9 Å². The molecule has 1 aromatic rings. The van der Waals surface area contributed by atoms with Crippen molar-refractivity contribution in [2.24, 2.45) is 5.92 Å². The van der Waals surface area contributed by atoms with Crippen LogP contribution in [0.2, 0.25) is 5.02 Å². The maximum atomic E-state index is 12.7. The number of ether oxygens (including phenoxy) is 1. The molecule has 1 aliphatic heterocycles. The molecule has 1 atom stereocenters. The first-order chi connectivity index (χ1) is 12.6. The predicted molar refractivity (Wildman–Crippen MR) is 104 cm³/mol. The van der Waals surface area contributed by atoms with Crippen LogP contribution in [0, 0.1) is 5.92 Å². The molecule has 6 nitrogen and oxygen atoms in total. The summed E-state index contributed by atoms with van der Waals surface area (Å²) in [6.07, 6.45) is 1.44. The van der Waals surface area contributed by atoms with E-state index in [2.05, 4.69) is 0 Å². The van der Waals surface area contributed by atoms with Gasteiger partial charge in [0.2, 0.25) is 5.91 Å². The molecule has 0 N–H and O–H groups in total. The Balaban J connectivity index is 1.96. The van der Waals surface area contributed by atoms with Gasteiger partial charge in [-0.25, -0.2) is 0 Å². The van der Waals surface area contributed by atoms with E-state index in [0.717, 1.165) is 6.42 Å². The zero-order valence-corrected chi connectivity index (χ0v) is 17.1. The number of carbonyl (C=O) groups excluding carboxylic acids is 3. The molecule has 1 saturated heterocycles. The molecule has 2 rings (SSSR count). The summed E-state index contributed by atoms with van der Waals surface area (Å²) in [7, 11) is 1.59. The lowest BCUT2D eigenvalue weighted by atomic mass is 9.96. The Morgan fingerprint density at radius 3 is 2.44 bits per heavy atom. The molecule has 27 heavy (non-hydrogen) atoms. The molecule has 1 fully saturated rings. The molecule has 7 heteroatoms. The van der Waals surface area contributed by atoms with Gasteiger partial charge >= 0.3 is 5.97 Å². The van der Waals surface area contributed by atoms with E-state index in [-0.39, 0.29) is 24.3 Å². The SMILES string of the molecule is CN(CC(=O)OC(C)(C)C)C(=O)C1CCCN(C(=O)c2ccc(Cl)cc2)C1. The number of hydrogen-bond donors (Lipinski definition) is 0. The highest BCUT2D eigenvalue weighted by Crippen LogP contribution is 2.21. The molecule has 0 aromatic heterocycles. The van der Waals surface area contributed by atoms with Crippen molar-refractivity contribution in [3.8, 4) is 0 Å². The first-order valence-corrected chi connectivity index (χ1v) is 9.46. The molecular formula is C20H27ClN2O4. The number of nitrogens with zero attached hydrogens (tertiary/aromatic N) is 2. The third-order valence-corrected chi connectivity index (χ3v) is 4.56. The quantitative estimate of drug-likeness (QED) is 0.736. The third kappa shape index (κ3) is 6.24. The summed E-state index contributed by atoms with van der Waals surface area (Å²) in [5.74, 6) is -1.01. The van der Waals surface area contributed by atoms with Gasteiger partial charge in [-0.3, -0.25) is 14.4 Å². The van der Waals surface area contributed by atoms with Crippen LogP contribution in [0.3, 0.4) is 0 Å². The zero-order valence-electron chi connectivity index (χ0n) is 16.3. The Kier molecular flexibility index (Phi) is 6.87. The zero-order chi connectivity index (χ0) is 20.2. The number of piperidine rings is 1. The largest absolute Gasteiger partial charge is 0.459 e. The van der Waals surface area contributed by atoms with Crippen LogP contribution < -0.4 is 0 Å². The Morgan fingerprint density at radius 2 is 1.85 bits per heavy atom. The fourth-order valence-corrected chi connectivity index (χ4v) is 3.22. The molecule has 0 bridgehead atoms. The normalized spacial score (nSPS) is 17.4. The average Bonchev–Trinajstić information content (AvgIpc) is 2.59. The average molecular weight is 395 g/mol. The Bertz CT molecular complexity index is 697. The van der Waals surface area contributed by atoms with Crippen LogP contribution in [0.5, 0.6) is 0 Å². The molecule has 0 aliphatic carbocycles. The maximum Gasteiger partial charge on any atom is 0.326 e. The van der Waals surface area contributed by atoms with Gasteiger partial charge in [0.05, 0.1) is 5.92 Å². The molecule has 0 spiro atoms. The minimum absolute atomic E-state index is 0.0995. The lowest BCUT2D eigenvalue weighted by Gasteiger charge is -2.34. The summed E-state index contributed by atoms with van der Waals surface area (Å²) >= 11 is 5.87. The first kappa shape index (κ1) is 21.2. The Labute approximate surface area is 165 Å². The van der Waals surface area contributed by atoms with Gasteiger partial charge in [-0.1, -0.05) is 11.6 Å². The summed E-state index contributed by atoms with van der Waals surface area (Å²) in [5, 5.41) is 0.571. The fraction of sp³-hybridized carbons (Fsp3) is 0.550. The van der Waals surface area contributed by atoms with Crippen LogP contribution in [0.15, 0.2) is 24.3 Å². The number of halogens is 1. The Morgan fingerprint density at radius 1 is 1.22 bits per heavy atom. The second-order valence-electron chi connectivity index (χ2n) is 7.88. The van der Waals surface area contributed by atoms with Gasteiger partial charge in [-0.2, -0.15) is 0 Å². The van der Waals surface area contributed by atoms with E-state index in [4.69, 9.17) is 16.3 Å². The van der Waals surface area contributed by atoms with E-state index in [0.29, 0.717) is 30.1 Å². The Hall–Kier alpha value is -2.08. The summed E-state index contributed by atoms with van der Waals surface area (Å²) in [4.78, 5) is 40.4. The maximum absolute atomic E-state index is 12.7. The van der Waals surface area contributed by atoms with Crippen molar-refractivity contribution in [1.29, 1.82) is 0 Å². The van der Waals surface area contributed by atoms with E-state index < -0.39 is 11.6 Å². The number of esters is 1. The van der Waals surface area contributed by atoms with Crippen molar-refractivity contribution in [3.63, 3.8) is 0 Å². The van der Waals surface area contributed by atoms with E-state index in [1.165, 1.54) is 4.90 Å². The van der Waals surface area contributed by atoms with Crippen molar-refractivity contribution in [3.05, 3.63) is 34.9 Å². The number of rotatable bonds is 4.